The number of benzene rings is 1. The van der Waals surface area contributed by atoms with Crippen molar-refractivity contribution in [1.82, 2.24) is 10.2 Å². The van der Waals surface area contributed by atoms with Crippen LogP contribution in [0, 0.1) is 0 Å². The maximum absolute atomic E-state index is 13.3. The summed E-state index contributed by atoms with van der Waals surface area (Å²) >= 11 is 3.45. The molecule has 0 saturated carbocycles. The standard InChI is InChI=1S/C13H18BrFN2O.2ClH/c1-18-13-3-2-10(8-11(13)14)12(9-15)17-6-4-16-5-7-17;;/h2-3,8,12,16H,4-7,9H2,1H3;2*1H/t12-;;/m1../s1. The Morgan fingerprint density at radius 1 is 1.35 bits per heavy atom. The van der Waals surface area contributed by atoms with Crippen LogP contribution in [0.2, 0.25) is 0 Å². The fraction of sp³-hybridized carbons (Fsp3) is 0.538. The van der Waals surface area contributed by atoms with Gasteiger partial charge in [0.15, 0.2) is 0 Å². The molecule has 0 unspecified atom stereocenters. The maximum Gasteiger partial charge on any atom is 0.133 e. The van der Waals surface area contributed by atoms with E-state index in [2.05, 4.69) is 26.1 Å². The van der Waals surface area contributed by atoms with Crippen LogP contribution in [-0.4, -0.2) is 44.9 Å². The van der Waals surface area contributed by atoms with Crippen molar-refractivity contribution in [2.45, 2.75) is 6.04 Å². The van der Waals surface area contributed by atoms with Gasteiger partial charge in [-0.3, -0.25) is 4.90 Å². The molecule has 20 heavy (non-hydrogen) atoms. The van der Waals surface area contributed by atoms with Crippen LogP contribution in [-0.2, 0) is 0 Å². The molecular weight excluding hydrogens is 370 g/mol. The van der Waals surface area contributed by atoms with Crippen molar-refractivity contribution in [3.63, 3.8) is 0 Å². The fourth-order valence-corrected chi connectivity index (χ4v) is 2.84. The first kappa shape index (κ1) is 19.9. The zero-order valence-electron chi connectivity index (χ0n) is 11.3. The summed E-state index contributed by atoms with van der Waals surface area (Å²) in [4.78, 5) is 2.19. The Bertz CT molecular complexity index is 406. The highest BCUT2D eigenvalue weighted by Gasteiger charge is 2.22. The van der Waals surface area contributed by atoms with Crippen molar-refractivity contribution < 1.29 is 9.13 Å². The van der Waals surface area contributed by atoms with Gasteiger partial charge in [0.2, 0.25) is 0 Å². The smallest absolute Gasteiger partial charge is 0.133 e. The van der Waals surface area contributed by atoms with Crippen LogP contribution in [0.15, 0.2) is 22.7 Å². The van der Waals surface area contributed by atoms with Gasteiger partial charge >= 0.3 is 0 Å². The Morgan fingerprint density at radius 2 is 2.00 bits per heavy atom. The lowest BCUT2D eigenvalue weighted by Gasteiger charge is -2.33. The summed E-state index contributed by atoms with van der Waals surface area (Å²) in [6.07, 6.45) is 0. The number of hydrogen-bond donors (Lipinski definition) is 1. The Labute approximate surface area is 140 Å². The van der Waals surface area contributed by atoms with Crippen molar-refractivity contribution in [1.29, 1.82) is 0 Å². The highest BCUT2D eigenvalue weighted by Crippen LogP contribution is 2.30. The maximum atomic E-state index is 13.3. The Morgan fingerprint density at radius 3 is 2.50 bits per heavy atom. The van der Waals surface area contributed by atoms with Gasteiger partial charge in [-0.25, -0.2) is 4.39 Å². The van der Waals surface area contributed by atoms with Crippen LogP contribution in [0.1, 0.15) is 11.6 Å². The molecule has 3 nitrogen and oxygen atoms in total. The van der Waals surface area contributed by atoms with Gasteiger partial charge in [-0.05, 0) is 33.6 Å². The molecule has 1 saturated heterocycles. The molecule has 1 aliphatic rings. The summed E-state index contributed by atoms with van der Waals surface area (Å²) in [6.45, 7) is 3.26. The van der Waals surface area contributed by atoms with Gasteiger partial charge in [0.1, 0.15) is 12.4 Å². The molecule has 1 aromatic carbocycles. The molecule has 2 rings (SSSR count). The van der Waals surface area contributed by atoms with E-state index in [0.29, 0.717) is 0 Å². The minimum atomic E-state index is -0.362. The molecule has 1 aromatic rings. The Kier molecular flexibility index (Phi) is 9.76. The van der Waals surface area contributed by atoms with Crippen LogP contribution in [0.25, 0.3) is 0 Å². The number of rotatable bonds is 4. The lowest BCUT2D eigenvalue weighted by Crippen LogP contribution is -2.45. The third-order valence-corrected chi connectivity index (χ3v) is 3.92. The predicted octanol–water partition coefficient (Wildman–Crippen LogP) is 3.22. The van der Waals surface area contributed by atoms with Crippen LogP contribution in [0.5, 0.6) is 5.75 Å². The fourth-order valence-electron chi connectivity index (χ4n) is 2.28. The first-order valence-corrected chi connectivity index (χ1v) is 6.89. The average Bonchev–Trinajstić information content (AvgIpc) is 2.41. The van der Waals surface area contributed by atoms with Gasteiger partial charge in [-0.1, -0.05) is 6.07 Å². The van der Waals surface area contributed by atoms with Crippen LogP contribution < -0.4 is 10.1 Å². The third-order valence-electron chi connectivity index (χ3n) is 3.30. The van der Waals surface area contributed by atoms with Gasteiger partial charge in [0.05, 0.1) is 17.6 Å². The normalized spacial score (nSPS) is 16.8. The second-order valence-corrected chi connectivity index (χ2v) is 5.20. The lowest BCUT2D eigenvalue weighted by atomic mass is 10.1. The molecule has 0 aromatic heterocycles. The number of methoxy groups -OCH3 is 1. The SMILES string of the molecule is COc1ccc([C@@H](CF)N2CCNCC2)cc1Br.Cl.Cl. The summed E-state index contributed by atoms with van der Waals surface area (Å²) in [7, 11) is 1.63. The Hall–Kier alpha value is -0.0700. The number of piperazine rings is 1. The first-order valence-electron chi connectivity index (χ1n) is 6.10. The molecule has 0 bridgehead atoms. The van der Waals surface area contributed by atoms with Crippen LogP contribution in [0.4, 0.5) is 4.39 Å². The van der Waals surface area contributed by atoms with E-state index in [0.717, 1.165) is 42.0 Å². The van der Waals surface area contributed by atoms with Gasteiger partial charge in [0, 0.05) is 26.2 Å². The molecule has 116 valence electrons. The number of nitrogens with one attached hydrogen (secondary N) is 1. The van der Waals surface area contributed by atoms with Crippen molar-refractivity contribution in [3.8, 4) is 5.75 Å². The number of nitrogens with zero attached hydrogens (tertiary/aromatic N) is 1. The minimum absolute atomic E-state index is 0. The number of alkyl halides is 1. The highest BCUT2D eigenvalue weighted by atomic mass is 79.9. The van der Waals surface area contributed by atoms with E-state index in [-0.39, 0.29) is 37.5 Å². The van der Waals surface area contributed by atoms with Gasteiger partial charge in [-0.2, -0.15) is 0 Å². The van der Waals surface area contributed by atoms with Crippen molar-refractivity contribution in [3.05, 3.63) is 28.2 Å². The largest absolute Gasteiger partial charge is 0.496 e. The summed E-state index contributed by atoms with van der Waals surface area (Å²) in [5, 5.41) is 3.28. The molecule has 0 spiro atoms. The lowest BCUT2D eigenvalue weighted by molar-refractivity contribution is 0.147. The van der Waals surface area contributed by atoms with Crippen molar-refractivity contribution in [2.75, 3.05) is 40.0 Å². The van der Waals surface area contributed by atoms with E-state index in [1.54, 1.807) is 7.11 Å². The van der Waals surface area contributed by atoms with E-state index >= 15 is 0 Å². The minimum Gasteiger partial charge on any atom is -0.496 e. The summed E-state index contributed by atoms with van der Waals surface area (Å²) < 4.78 is 19.4. The number of halogens is 4. The second kappa shape index (κ2) is 9.79. The van der Waals surface area contributed by atoms with E-state index in [1.807, 2.05) is 18.2 Å². The molecule has 1 fully saturated rings. The molecule has 1 aliphatic heterocycles. The van der Waals surface area contributed by atoms with Gasteiger partial charge in [0.25, 0.3) is 0 Å². The van der Waals surface area contributed by atoms with Crippen molar-refractivity contribution >= 4 is 40.7 Å². The van der Waals surface area contributed by atoms with Gasteiger partial charge < -0.3 is 10.1 Å². The molecule has 0 radical (unpaired) electrons. The zero-order valence-corrected chi connectivity index (χ0v) is 14.5. The van der Waals surface area contributed by atoms with E-state index in [4.69, 9.17) is 4.74 Å². The highest BCUT2D eigenvalue weighted by molar-refractivity contribution is 9.10. The predicted molar refractivity (Wildman–Crippen MR) is 88.3 cm³/mol. The molecule has 7 heteroatoms. The quantitative estimate of drug-likeness (QED) is 0.855. The van der Waals surface area contributed by atoms with E-state index < -0.39 is 0 Å². The monoisotopic (exact) mass is 388 g/mol. The molecule has 0 aliphatic carbocycles. The van der Waals surface area contributed by atoms with E-state index in [1.165, 1.54) is 0 Å². The Balaban J connectivity index is 0.00000180. The van der Waals surface area contributed by atoms with Crippen LogP contribution in [0.3, 0.4) is 0 Å². The number of hydrogen-bond acceptors (Lipinski definition) is 3. The molecule has 1 heterocycles. The summed E-state index contributed by atoms with van der Waals surface area (Å²) in [5.74, 6) is 0.775. The molecule has 0 amide bonds. The first-order chi connectivity index (χ1) is 8.76. The van der Waals surface area contributed by atoms with E-state index in [9.17, 15) is 4.39 Å². The van der Waals surface area contributed by atoms with Crippen LogP contribution >= 0.6 is 40.7 Å². The zero-order chi connectivity index (χ0) is 13.0. The summed E-state index contributed by atoms with van der Waals surface area (Å²) in [5.41, 5.74) is 0.993. The topological polar surface area (TPSA) is 24.5 Å². The van der Waals surface area contributed by atoms with Gasteiger partial charge in [-0.15, -0.1) is 24.8 Å². The second-order valence-electron chi connectivity index (χ2n) is 4.35. The average molecular weight is 390 g/mol. The third kappa shape index (κ3) is 4.74. The molecule has 1 atom stereocenters. The number of ether oxygens (including phenoxy) is 1. The molecular formula is C13H20BrCl2FN2O. The van der Waals surface area contributed by atoms with Crippen molar-refractivity contribution in [2.24, 2.45) is 0 Å². The molecule has 1 N–H and O–H groups in total. The summed E-state index contributed by atoms with van der Waals surface area (Å²) in [6, 6.07) is 5.61.